The number of benzene rings is 1. The highest BCUT2D eigenvalue weighted by atomic mass is 16.3. The van der Waals surface area contributed by atoms with Crippen molar-refractivity contribution in [3.8, 4) is 0 Å². The molecule has 14 heteroatoms. The third-order valence-electron chi connectivity index (χ3n) is 8.99. The topological polar surface area (TPSA) is 203 Å². The molecule has 2 aromatic heterocycles. The second-order valence-corrected chi connectivity index (χ2v) is 12.9. The van der Waals surface area contributed by atoms with E-state index in [-0.39, 0.29) is 31.0 Å². The fourth-order valence-electron chi connectivity index (χ4n) is 6.50. The molecule has 4 N–H and O–H groups in total. The first-order chi connectivity index (χ1) is 22.3. The molecule has 3 aromatic rings. The molecule has 1 saturated carbocycles. The van der Waals surface area contributed by atoms with E-state index in [1.807, 2.05) is 6.07 Å². The van der Waals surface area contributed by atoms with Gasteiger partial charge in [-0.1, -0.05) is 49.5 Å². The van der Waals surface area contributed by atoms with E-state index in [2.05, 4.69) is 25.6 Å². The van der Waals surface area contributed by atoms with E-state index in [9.17, 15) is 29.1 Å². The van der Waals surface area contributed by atoms with Gasteiger partial charge in [0.05, 0.1) is 29.5 Å². The van der Waals surface area contributed by atoms with Gasteiger partial charge in [0.25, 0.3) is 17.7 Å². The zero-order chi connectivity index (χ0) is 33.9. The van der Waals surface area contributed by atoms with E-state index < -0.39 is 53.1 Å². The molecule has 1 aromatic carbocycles. The Balaban J connectivity index is 1.52. The van der Waals surface area contributed by atoms with Crippen molar-refractivity contribution in [2.75, 3.05) is 6.54 Å². The highest BCUT2D eigenvalue weighted by Crippen LogP contribution is 2.33. The Morgan fingerprint density at radius 3 is 2.55 bits per heavy atom. The summed E-state index contributed by atoms with van der Waals surface area (Å²) in [6.07, 6.45) is 9.80. The lowest BCUT2D eigenvalue weighted by Crippen LogP contribution is -2.52. The SMILES string of the molecule is CC(NC(=O)[C@@H]1C[C@H](n2nncc2C(C)(C)O)CN1C(=O)C(CC1CCCCC1)=NC(=O)c1cccc2ccncc12)C(=O)C(N)=O. The van der Waals surface area contributed by atoms with Crippen LogP contribution in [0, 0.1) is 5.92 Å². The number of rotatable bonds is 10. The lowest BCUT2D eigenvalue weighted by atomic mass is 9.85. The standard InChI is InChI=1S/C33H40N8O6/c1-19(28(42)29(34)43)37-31(45)26-15-22(41-27(17-36-39-41)33(2,3)47)18-40(26)32(46)25(14-20-8-5-4-6-9-20)38-30(44)23-11-7-10-21-12-13-35-16-24(21)23/h7,10-13,16-17,19-20,22,26,47H,4-6,8-9,14-15,18H2,1-3H3,(H2,34,43)(H,37,45)/t19?,22-,26-/m0/s1. The first-order valence-corrected chi connectivity index (χ1v) is 15.9. The molecular formula is C33H40N8O6. The number of nitrogens with two attached hydrogens (primary N) is 1. The van der Waals surface area contributed by atoms with Crippen LogP contribution in [0.4, 0.5) is 0 Å². The largest absolute Gasteiger partial charge is 0.384 e. The molecule has 1 unspecified atom stereocenters. The zero-order valence-electron chi connectivity index (χ0n) is 26.8. The number of nitrogens with zero attached hydrogens (tertiary/aromatic N) is 6. The maximum absolute atomic E-state index is 14.5. The van der Waals surface area contributed by atoms with Crippen LogP contribution in [0.15, 0.2) is 47.8 Å². The molecule has 2 fully saturated rings. The molecule has 0 radical (unpaired) electrons. The molecule has 2 aliphatic rings. The molecule has 1 aliphatic carbocycles. The summed E-state index contributed by atoms with van der Waals surface area (Å²) in [5.74, 6) is -3.93. The number of aliphatic hydroxyl groups is 1. The summed E-state index contributed by atoms with van der Waals surface area (Å²) >= 11 is 0. The second kappa shape index (κ2) is 13.9. The van der Waals surface area contributed by atoms with Crippen molar-refractivity contribution < 1.29 is 29.1 Å². The van der Waals surface area contributed by atoms with Gasteiger partial charge in [0.15, 0.2) is 0 Å². The predicted octanol–water partition coefficient (Wildman–Crippen LogP) is 2.01. The minimum absolute atomic E-state index is 0.0163. The van der Waals surface area contributed by atoms with Gasteiger partial charge in [-0.05, 0) is 50.6 Å². The number of fused-ring (bicyclic) bond motifs is 1. The monoisotopic (exact) mass is 644 g/mol. The lowest BCUT2D eigenvalue weighted by Gasteiger charge is -2.27. The molecule has 248 valence electrons. The van der Waals surface area contributed by atoms with Crippen molar-refractivity contribution in [3.63, 3.8) is 0 Å². The van der Waals surface area contributed by atoms with Crippen LogP contribution < -0.4 is 11.1 Å². The van der Waals surface area contributed by atoms with Gasteiger partial charge in [-0.2, -0.15) is 0 Å². The first kappa shape index (κ1) is 33.5. The number of hydrogen-bond acceptors (Lipinski definition) is 9. The number of hydrogen-bond donors (Lipinski definition) is 3. The molecule has 14 nitrogen and oxygen atoms in total. The van der Waals surface area contributed by atoms with Gasteiger partial charge in [0.1, 0.15) is 17.4 Å². The van der Waals surface area contributed by atoms with Crippen LogP contribution in [0.5, 0.6) is 0 Å². The quantitative estimate of drug-likeness (QED) is 0.218. The molecular weight excluding hydrogens is 604 g/mol. The Kier molecular flexibility index (Phi) is 9.89. The van der Waals surface area contributed by atoms with Gasteiger partial charge in [-0.3, -0.25) is 29.0 Å². The maximum Gasteiger partial charge on any atom is 0.287 e. The van der Waals surface area contributed by atoms with Crippen LogP contribution in [0.2, 0.25) is 0 Å². The number of aliphatic imine (C=N–C) groups is 1. The first-order valence-electron chi connectivity index (χ1n) is 15.9. The number of primary amides is 1. The van der Waals surface area contributed by atoms with E-state index in [4.69, 9.17) is 5.73 Å². The zero-order valence-corrected chi connectivity index (χ0v) is 26.8. The van der Waals surface area contributed by atoms with Gasteiger partial charge in [0.2, 0.25) is 11.7 Å². The maximum atomic E-state index is 14.5. The number of likely N-dealkylation sites (tertiary alicyclic amines) is 1. The smallest absolute Gasteiger partial charge is 0.287 e. The van der Waals surface area contributed by atoms with Crippen LogP contribution >= 0.6 is 0 Å². The summed E-state index contributed by atoms with van der Waals surface area (Å²) in [7, 11) is 0. The fourth-order valence-corrected chi connectivity index (χ4v) is 6.50. The summed E-state index contributed by atoms with van der Waals surface area (Å²) in [6.45, 7) is 4.47. The Hall–Kier alpha value is -4.85. The predicted molar refractivity (Wildman–Crippen MR) is 171 cm³/mol. The van der Waals surface area contributed by atoms with Crippen molar-refractivity contribution in [2.45, 2.75) is 89.4 Å². The summed E-state index contributed by atoms with van der Waals surface area (Å²) in [5.41, 5.74) is 4.53. The van der Waals surface area contributed by atoms with E-state index in [0.717, 1.165) is 37.5 Å². The third-order valence-corrected chi connectivity index (χ3v) is 8.99. The van der Waals surface area contributed by atoms with Crippen molar-refractivity contribution in [1.82, 2.24) is 30.2 Å². The van der Waals surface area contributed by atoms with Crippen molar-refractivity contribution in [3.05, 3.63) is 54.1 Å². The van der Waals surface area contributed by atoms with Crippen molar-refractivity contribution >= 4 is 45.9 Å². The number of nitrogens with one attached hydrogen (secondary N) is 1. The normalized spacial score (nSPS) is 19.8. The third kappa shape index (κ3) is 7.43. The highest BCUT2D eigenvalue weighted by Gasteiger charge is 2.44. The number of aromatic nitrogens is 4. The summed E-state index contributed by atoms with van der Waals surface area (Å²) in [6, 6.07) is 4.08. The molecule has 1 aliphatic heterocycles. The van der Waals surface area contributed by atoms with Crippen LogP contribution in [0.1, 0.15) is 87.8 Å². The Morgan fingerprint density at radius 1 is 1.11 bits per heavy atom. The molecule has 3 atom stereocenters. The Bertz CT molecular complexity index is 1720. The summed E-state index contributed by atoms with van der Waals surface area (Å²) in [4.78, 5) is 75.5. The number of Topliss-reactive ketones (excluding diaryl/α,β-unsaturated/α-hetero) is 1. The average Bonchev–Trinajstić information content (AvgIpc) is 3.72. The second-order valence-electron chi connectivity index (χ2n) is 12.9. The van der Waals surface area contributed by atoms with Crippen LogP contribution in [0.3, 0.4) is 0 Å². The van der Waals surface area contributed by atoms with E-state index >= 15 is 0 Å². The number of carbonyl (C=O) groups excluding carboxylic acids is 5. The van der Waals surface area contributed by atoms with Crippen LogP contribution in [0.25, 0.3) is 10.8 Å². The Labute approximate surface area is 271 Å². The minimum Gasteiger partial charge on any atom is -0.384 e. The van der Waals surface area contributed by atoms with Gasteiger partial charge in [0, 0.05) is 30.7 Å². The summed E-state index contributed by atoms with van der Waals surface area (Å²) in [5, 5.41) is 22.8. The number of ketones is 1. The molecule has 5 rings (SSSR count). The minimum atomic E-state index is -1.32. The number of amides is 4. The highest BCUT2D eigenvalue weighted by molar-refractivity contribution is 6.41. The van der Waals surface area contributed by atoms with E-state index in [1.54, 1.807) is 44.4 Å². The fraction of sp³-hybridized carbons (Fsp3) is 0.485. The van der Waals surface area contributed by atoms with Gasteiger partial charge in [-0.25, -0.2) is 9.67 Å². The van der Waals surface area contributed by atoms with E-state index in [0.29, 0.717) is 16.6 Å². The van der Waals surface area contributed by atoms with E-state index in [1.165, 1.54) is 22.7 Å². The molecule has 0 bridgehead atoms. The average molecular weight is 645 g/mol. The van der Waals surface area contributed by atoms with Crippen LogP contribution in [-0.2, 0) is 24.8 Å². The lowest BCUT2D eigenvalue weighted by molar-refractivity contribution is -0.139. The summed E-state index contributed by atoms with van der Waals surface area (Å²) < 4.78 is 1.48. The van der Waals surface area contributed by atoms with Gasteiger partial charge >= 0.3 is 0 Å². The van der Waals surface area contributed by atoms with Gasteiger partial charge < -0.3 is 21.1 Å². The number of carbonyl (C=O) groups is 5. The molecule has 1 saturated heterocycles. The Morgan fingerprint density at radius 2 is 1.85 bits per heavy atom. The molecule has 4 amide bonds. The van der Waals surface area contributed by atoms with Gasteiger partial charge in [-0.15, -0.1) is 5.10 Å². The molecule has 3 heterocycles. The number of pyridine rings is 1. The van der Waals surface area contributed by atoms with Crippen LogP contribution in [-0.4, -0.2) is 83.7 Å². The van der Waals surface area contributed by atoms with Crippen molar-refractivity contribution in [1.29, 1.82) is 0 Å². The molecule has 47 heavy (non-hydrogen) atoms. The molecule has 0 spiro atoms. The van der Waals surface area contributed by atoms with Crippen molar-refractivity contribution in [2.24, 2.45) is 16.6 Å².